The first kappa shape index (κ1) is 14.0. The van der Waals surface area contributed by atoms with Crippen LogP contribution in [0.15, 0.2) is 24.3 Å². The van der Waals surface area contributed by atoms with E-state index in [4.69, 9.17) is 14.6 Å². The molecule has 5 heteroatoms. The molecule has 0 saturated heterocycles. The lowest BCUT2D eigenvalue weighted by Crippen LogP contribution is -2.11. The number of carbonyl (C=O) groups excluding carboxylic acids is 1. The number of hydrogen-bond donors (Lipinski definition) is 1. The van der Waals surface area contributed by atoms with Gasteiger partial charge in [-0.15, -0.1) is 0 Å². The summed E-state index contributed by atoms with van der Waals surface area (Å²) in [6.07, 6.45) is 2.09. The average Bonchev–Trinajstić information content (AvgIpc) is 2.35. The van der Waals surface area contributed by atoms with Crippen LogP contribution in [0, 0.1) is 0 Å². The van der Waals surface area contributed by atoms with Crippen molar-refractivity contribution in [1.29, 1.82) is 0 Å². The van der Waals surface area contributed by atoms with Gasteiger partial charge in [0.25, 0.3) is 0 Å². The van der Waals surface area contributed by atoms with Crippen LogP contribution in [0.5, 0.6) is 5.75 Å². The van der Waals surface area contributed by atoms with Crippen molar-refractivity contribution in [3.05, 3.63) is 29.8 Å². The molecule has 0 aliphatic carbocycles. The van der Waals surface area contributed by atoms with E-state index in [1.165, 1.54) is 24.3 Å². The molecule has 0 aliphatic heterocycles. The molecule has 0 unspecified atom stereocenters. The van der Waals surface area contributed by atoms with Gasteiger partial charge in [-0.1, -0.05) is 19.8 Å². The lowest BCUT2D eigenvalue weighted by Gasteiger charge is -2.05. The Hall–Kier alpha value is -2.04. The summed E-state index contributed by atoms with van der Waals surface area (Å²) >= 11 is 0. The molecule has 98 valence electrons. The number of ether oxygens (including phenoxy) is 2. The van der Waals surface area contributed by atoms with Crippen LogP contribution < -0.4 is 4.74 Å². The molecule has 1 N–H and O–H groups in total. The van der Waals surface area contributed by atoms with Gasteiger partial charge in [-0.2, -0.15) is 0 Å². The van der Waals surface area contributed by atoms with E-state index in [0.29, 0.717) is 6.61 Å². The molecule has 0 saturated carbocycles. The molecule has 0 amide bonds. The molecule has 1 aromatic rings. The first-order chi connectivity index (χ1) is 8.63. The standard InChI is InChI=1S/C13H16O5/c1-2-3-4-9-17-13(16)18-11-7-5-10(6-8-11)12(14)15/h5-8H,2-4,9H2,1H3,(H,14,15). The van der Waals surface area contributed by atoms with Crippen LogP contribution in [0.4, 0.5) is 4.79 Å². The average molecular weight is 252 g/mol. The van der Waals surface area contributed by atoms with Crippen molar-refractivity contribution in [2.75, 3.05) is 6.61 Å². The highest BCUT2D eigenvalue weighted by Crippen LogP contribution is 2.13. The Bertz CT molecular complexity index is 396. The summed E-state index contributed by atoms with van der Waals surface area (Å²) in [7, 11) is 0. The number of carbonyl (C=O) groups is 2. The number of carboxylic acids is 1. The van der Waals surface area contributed by atoms with Crippen LogP contribution >= 0.6 is 0 Å². The smallest absolute Gasteiger partial charge is 0.478 e. The second-order valence-corrected chi connectivity index (χ2v) is 3.74. The minimum atomic E-state index is -1.02. The summed E-state index contributed by atoms with van der Waals surface area (Å²) < 4.78 is 9.72. The third kappa shape index (κ3) is 4.86. The van der Waals surface area contributed by atoms with Crippen molar-refractivity contribution in [3.63, 3.8) is 0 Å². The Morgan fingerprint density at radius 2 is 1.83 bits per heavy atom. The molecule has 0 bridgehead atoms. The van der Waals surface area contributed by atoms with Crippen molar-refractivity contribution in [2.45, 2.75) is 26.2 Å². The van der Waals surface area contributed by atoms with Crippen LogP contribution in [0.2, 0.25) is 0 Å². The number of benzene rings is 1. The van der Waals surface area contributed by atoms with Crippen LogP contribution in [-0.2, 0) is 4.74 Å². The molecule has 18 heavy (non-hydrogen) atoms. The molecule has 0 atom stereocenters. The Labute approximate surface area is 105 Å². The summed E-state index contributed by atoms with van der Waals surface area (Å²) in [5.41, 5.74) is 0.138. The third-order valence-electron chi connectivity index (χ3n) is 2.27. The summed E-state index contributed by atoms with van der Waals surface area (Å²) in [4.78, 5) is 21.8. The van der Waals surface area contributed by atoms with E-state index in [9.17, 15) is 9.59 Å². The SMILES string of the molecule is CCCCCOC(=O)Oc1ccc(C(=O)O)cc1. The van der Waals surface area contributed by atoms with Gasteiger partial charge in [-0.05, 0) is 30.7 Å². The van der Waals surface area contributed by atoms with Gasteiger partial charge in [-0.25, -0.2) is 9.59 Å². The van der Waals surface area contributed by atoms with Gasteiger partial charge in [0, 0.05) is 0 Å². The van der Waals surface area contributed by atoms with Gasteiger partial charge in [0.2, 0.25) is 0 Å². The first-order valence-electron chi connectivity index (χ1n) is 5.81. The number of hydrogen-bond acceptors (Lipinski definition) is 4. The highest BCUT2D eigenvalue weighted by atomic mass is 16.7. The highest BCUT2D eigenvalue weighted by Gasteiger charge is 2.07. The zero-order valence-electron chi connectivity index (χ0n) is 10.2. The molecule has 5 nitrogen and oxygen atoms in total. The monoisotopic (exact) mass is 252 g/mol. The maximum absolute atomic E-state index is 11.2. The highest BCUT2D eigenvalue weighted by molar-refractivity contribution is 5.87. The second kappa shape index (κ2) is 7.32. The second-order valence-electron chi connectivity index (χ2n) is 3.74. The quantitative estimate of drug-likeness (QED) is 0.478. The molecule has 0 aromatic heterocycles. The zero-order chi connectivity index (χ0) is 13.4. The Morgan fingerprint density at radius 3 is 2.39 bits per heavy atom. The molecule has 0 spiro atoms. The lowest BCUT2D eigenvalue weighted by molar-refractivity contribution is 0.0697. The first-order valence-corrected chi connectivity index (χ1v) is 5.81. The Balaban J connectivity index is 2.37. The summed E-state index contributed by atoms with van der Waals surface area (Å²) in [5.74, 6) is -0.760. The van der Waals surface area contributed by atoms with Gasteiger partial charge >= 0.3 is 12.1 Å². The van der Waals surface area contributed by atoms with Gasteiger partial charge < -0.3 is 14.6 Å². The Morgan fingerprint density at radius 1 is 1.17 bits per heavy atom. The van der Waals surface area contributed by atoms with Crippen LogP contribution in [0.3, 0.4) is 0 Å². The fraction of sp³-hybridized carbons (Fsp3) is 0.385. The number of carboxylic acid groups (broad SMARTS) is 1. The van der Waals surface area contributed by atoms with E-state index in [2.05, 4.69) is 6.92 Å². The molecular weight excluding hydrogens is 236 g/mol. The topological polar surface area (TPSA) is 72.8 Å². The number of rotatable bonds is 6. The van der Waals surface area contributed by atoms with Crippen molar-refractivity contribution >= 4 is 12.1 Å². The largest absolute Gasteiger partial charge is 0.513 e. The molecule has 0 fully saturated rings. The minimum absolute atomic E-state index is 0.138. The van der Waals surface area contributed by atoms with Gasteiger partial charge in [-0.3, -0.25) is 0 Å². The number of unbranched alkanes of at least 4 members (excludes halogenated alkanes) is 2. The van der Waals surface area contributed by atoms with E-state index < -0.39 is 12.1 Å². The maximum atomic E-state index is 11.2. The fourth-order valence-electron chi connectivity index (χ4n) is 1.30. The van der Waals surface area contributed by atoms with Gasteiger partial charge in [0.05, 0.1) is 12.2 Å². The zero-order valence-corrected chi connectivity index (χ0v) is 10.2. The molecular formula is C13H16O5. The molecule has 0 radical (unpaired) electrons. The van der Waals surface area contributed by atoms with E-state index in [-0.39, 0.29) is 11.3 Å². The van der Waals surface area contributed by atoms with Crippen LogP contribution in [-0.4, -0.2) is 23.8 Å². The maximum Gasteiger partial charge on any atom is 0.513 e. The normalized spacial score (nSPS) is 9.83. The Kier molecular flexibility index (Phi) is 5.70. The van der Waals surface area contributed by atoms with E-state index in [1.54, 1.807) is 0 Å². The summed E-state index contributed by atoms with van der Waals surface area (Å²) in [5, 5.41) is 8.69. The fourth-order valence-corrected chi connectivity index (χ4v) is 1.30. The van der Waals surface area contributed by atoms with Gasteiger partial charge in [0.1, 0.15) is 5.75 Å². The van der Waals surface area contributed by atoms with E-state index in [1.807, 2.05) is 0 Å². The van der Waals surface area contributed by atoms with Crippen molar-refractivity contribution in [3.8, 4) is 5.75 Å². The van der Waals surface area contributed by atoms with E-state index >= 15 is 0 Å². The summed E-state index contributed by atoms with van der Waals surface area (Å²) in [6, 6.07) is 5.55. The number of aromatic carboxylic acids is 1. The third-order valence-corrected chi connectivity index (χ3v) is 2.27. The molecule has 0 aliphatic rings. The minimum Gasteiger partial charge on any atom is -0.478 e. The van der Waals surface area contributed by atoms with Crippen molar-refractivity contribution < 1.29 is 24.2 Å². The predicted molar refractivity (Wildman–Crippen MR) is 64.9 cm³/mol. The van der Waals surface area contributed by atoms with Crippen molar-refractivity contribution in [1.82, 2.24) is 0 Å². The van der Waals surface area contributed by atoms with E-state index in [0.717, 1.165) is 19.3 Å². The van der Waals surface area contributed by atoms with Crippen LogP contribution in [0.25, 0.3) is 0 Å². The molecule has 1 rings (SSSR count). The van der Waals surface area contributed by atoms with Gasteiger partial charge in [0.15, 0.2) is 0 Å². The van der Waals surface area contributed by atoms with Crippen LogP contribution in [0.1, 0.15) is 36.5 Å². The summed E-state index contributed by atoms with van der Waals surface area (Å²) in [6.45, 7) is 2.39. The molecule has 1 aromatic carbocycles. The predicted octanol–water partition coefficient (Wildman–Crippen LogP) is 3.09. The lowest BCUT2D eigenvalue weighted by atomic mass is 10.2. The van der Waals surface area contributed by atoms with Crippen molar-refractivity contribution in [2.24, 2.45) is 0 Å². The molecule has 0 heterocycles.